The Balaban J connectivity index is 2.70. The van der Waals surface area contributed by atoms with Gasteiger partial charge in [-0.15, -0.1) is 0 Å². The van der Waals surface area contributed by atoms with E-state index < -0.39 is 10.0 Å². The van der Waals surface area contributed by atoms with Crippen LogP contribution < -0.4 is 4.72 Å². The summed E-state index contributed by atoms with van der Waals surface area (Å²) in [6.07, 6.45) is 4.25. The molecule has 0 aliphatic carbocycles. The van der Waals surface area contributed by atoms with E-state index >= 15 is 0 Å². The second-order valence-corrected chi connectivity index (χ2v) is 6.66. The lowest BCUT2D eigenvalue weighted by molar-refractivity contribution is 0.254. The van der Waals surface area contributed by atoms with E-state index in [0.717, 1.165) is 6.42 Å². The van der Waals surface area contributed by atoms with Crippen LogP contribution in [-0.4, -0.2) is 31.7 Å². The Kier molecular flexibility index (Phi) is 6.20. The predicted octanol–water partition coefficient (Wildman–Crippen LogP) is 1.53. The molecule has 0 aliphatic rings. The van der Waals surface area contributed by atoms with Crippen LogP contribution in [0.15, 0.2) is 27.8 Å². The number of rotatable bonds is 7. The van der Waals surface area contributed by atoms with Gasteiger partial charge >= 0.3 is 0 Å². The molecule has 1 unspecified atom stereocenters. The molecule has 1 heterocycles. The first-order valence-electron chi connectivity index (χ1n) is 5.70. The maximum atomic E-state index is 12.0. The highest BCUT2D eigenvalue weighted by atomic mass is 79.9. The molecule has 2 N–H and O–H groups in total. The molecular formula is C11H17BrN2O3S. The Morgan fingerprint density at radius 3 is 2.78 bits per heavy atom. The van der Waals surface area contributed by atoms with Crippen molar-refractivity contribution in [3.8, 4) is 0 Å². The van der Waals surface area contributed by atoms with Crippen molar-refractivity contribution in [2.45, 2.75) is 24.7 Å². The van der Waals surface area contributed by atoms with Gasteiger partial charge in [-0.3, -0.25) is 4.98 Å². The monoisotopic (exact) mass is 336 g/mol. The third-order valence-corrected chi connectivity index (χ3v) is 4.49. The van der Waals surface area contributed by atoms with E-state index in [-0.39, 0.29) is 17.4 Å². The van der Waals surface area contributed by atoms with Gasteiger partial charge in [-0.25, -0.2) is 13.1 Å². The minimum atomic E-state index is -3.53. The zero-order chi connectivity index (χ0) is 13.6. The number of aliphatic hydroxyl groups excluding tert-OH is 1. The van der Waals surface area contributed by atoms with Crippen molar-refractivity contribution in [1.29, 1.82) is 0 Å². The van der Waals surface area contributed by atoms with Crippen LogP contribution in [0.2, 0.25) is 0 Å². The minimum Gasteiger partial charge on any atom is -0.396 e. The molecule has 0 amide bonds. The Morgan fingerprint density at radius 2 is 2.22 bits per heavy atom. The molecule has 5 nitrogen and oxygen atoms in total. The van der Waals surface area contributed by atoms with Crippen molar-refractivity contribution >= 4 is 26.0 Å². The summed E-state index contributed by atoms with van der Waals surface area (Å²) < 4.78 is 27.1. The van der Waals surface area contributed by atoms with Crippen molar-refractivity contribution in [1.82, 2.24) is 9.71 Å². The topological polar surface area (TPSA) is 79.3 Å². The lowest BCUT2D eigenvalue weighted by Crippen LogP contribution is -2.29. The predicted molar refractivity (Wildman–Crippen MR) is 72.6 cm³/mol. The van der Waals surface area contributed by atoms with E-state index in [1.165, 1.54) is 18.5 Å². The van der Waals surface area contributed by atoms with Crippen LogP contribution in [0.25, 0.3) is 0 Å². The number of nitrogens with zero attached hydrogens (tertiary/aromatic N) is 1. The van der Waals surface area contributed by atoms with Crippen molar-refractivity contribution in [3.05, 3.63) is 22.9 Å². The Labute approximate surface area is 116 Å². The van der Waals surface area contributed by atoms with Crippen LogP contribution in [0.5, 0.6) is 0 Å². The summed E-state index contributed by atoms with van der Waals surface area (Å²) in [4.78, 5) is 3.96. The molecule has 1 aromatic rings. The van der Waals surface area contributed by atoms with Crippen LogP contribution in [0.1, 0.15) is 19.8 Å². The van der Waals surface area contributed by atoms with Gasteiger partial charge in [0.05, 0.1) is 0 Å². The van der Waals surface area contributed by atoms with Gasteiger partial charge in [-0.2, -0.15) is 0 Å². The van der Waals surface area contributed by atoms with E-state index in [4.69, 9.17) is 5.11 Å². The van der Waals surface area contributed by atoms with Crippen LogP contribution in [0.3, 0.4) is 0 Å². The third kappa shape index (κ3) is 4.64. The van der Waals surface area contributed by atoms with Crippen LogP contribution in [0, 0.1) is 5.92 Å². The molecule has 1 aromatic heterocycles. The van der Waals surface area contributed by atoms with Gasteiger partial charge in [0.15, 0.2) is 0 Å². The van der Waals surface area contributed by atoms with E-state index in [1.807, 2.05) is 6.92 Å². The summed E-state index contributed by atoms with van der Waals surface area (Å²) in [6, 6.07) is 1.50. The van der Waals surface area contributed by atoms with Gasteiger partial charge in [0.1, 0.15) is 4.90 Å². The molecule has 102 valence electrons. The highest BCUT2D eigenvalue weighted by Crippen LogP contribution is 2.15. The lowest BCUT2D eigenvalue weighted by atomic mass is 10.0. The van der Waals surface area contributed by atoms with Crippen LogP contribution in [-0.2, 0) is 10.0 Å². The van der Waals surface area contributed by atoms with Crippen LogP contribution in [0.4, 0.5) is 0 Å². The van der Waals surface area contributed by atoms with Crippen molar-refractivity contribution in [3.63, 3.8) is 0 Å². The summed E-state index contributed by atoms with van der Waals surface area (Å²) in [5.74, 6) is 0.143. The number of halogens is 1. The average molecular weight is 337 g/mol. The lowest BCUT2D eigenvalue weighted by Gasteiger charge is -2.14. The molecule has 7 heteroatoms. The number of hydrogen-bond acceptors (Lipinski definition) is 4. The highest BCUT2D eigenvalue weighted by molar-refractivity contribution is 9.10. The largest absolute Gasteiger partial charge is 0.396 e. The van der Waals surface area contributed by atoms with E-state index in [2.05, 4.69) is 25.6 Å². The standard InChI is InChI=1S/C11H17BrN2O3S/c1-2-9(3-4-15)6-14-18(16,17)11-5-10(12)7-13-8-11/h5,7-9,14-15H,2-4,6H2,1H3. The molecule has 0 aliphatic heterocycles. The average Bonchev–Trinajstić information content (AvgIpc) is 2.34. The number of aromatic nitrogens is 1. The minimum absolute atomic E-state index is 0.0681. The Morgan fingerprint density at radius 1 is 1.50 bits per heavy atom. The fourth-order valence-electron chi connectivity index (χ4n) is 1.48. The van der Waals surface area contributed by atoms with E-state index in [1.54, 1.807) is 0 Å². The van der Waals surface area contributed by atoms with Gasteiger partial charge in [0.25, 0.3) is 0 Å². The Bertz CT molecular complexity index is 479. The molecule has 18 heavy (non-hydrogen) atoms. The zero-order valence-electron chi connectivity index (χ0n) is 10.1. The second kappa shape index (κ2) is 7.18. The fourth-order valence-corrected chi connectivity index (χ4v) is 3.10. The summed E-state index contributed by atoms with van der Waals surface area (Å²) >= 11 is 3.19. The molecule has 0 spiro atoms. The molecule has 1 atom stereocenters. The number of hydrogen-bond donors (Lipinski definition) is 2. The van der Waals surface area contributed by atoms with Crippen molar-refractivity contribution in [2.75, 3.05) is 13.2 Å². The van der Waals surface area contributed by atoms with E-state index in [0.29, 0.717) is 17.4 Å². The number of nitrogens with one attached hydrogen (secondary N) is 1. The first kappa shape index (κ1) is 15.6. The van der Waals surface area contributed by atoms with Crippen molar-refractivity contribution in [2.24, 2.45) is 5.92 Å². The van der Waals surface area contributed by atoms with E-state index in [9.17, 15) is 8.42 Å². The maximum Gasteiger partial charge on any atom is 0.242 e. The highest BCUT2D eigenvalue weighted by Gasteiger charge is 2.16. The second-order valence-electron chi connectivity index (χ2n) is 3.98. The molecular weight excluding hydrogens is 320 g/mol. The molecule has 0 saturated carbocycles. The van der Waals surface area contributed by atoms with Gasteiger partial charge in [-0.05, 0) is 34.3 Å². The fraction of sp³-hybridized carbons (Fsp3) is 0.545. The number of sulfonamides is 1. The molecule has 0 aromatic carbocycles. The van der Waals surface area contributed by atoms with Gasteiger partial charge < -0.3 is 5.11 Å². The van der Waals surface area contributed by atoms with Crippen LogP contribution >= 0.6 is 15.9 Å². The first-order chi connectivity index (χ1) is 8.49. The summed E-state index contributed by atoms with van der Waals surface area (Å²) in [7, 11) is -3.53. The SMILES string of the molecule is CCC(CCO)CNS(=O)(=O)c1cncc(Br)c1. The zero-order valence-corrected chi connectivity index (χ0v) is 12.5. The van der Waals surface area contributed by atoms with Gasteiger partial charge in [0.2, 0.25) is 10.0 Å². The quantitative estimate of drug-likeness (QED) is 0.791. The molecule has 0 bridgehead atoms. The maximum absolute atomic E-state index is 12.0. The smallest absolute Gasteiger partial charge is 0.242 e. The summed E-state index contributed by atoms with van der Waals surface area (Å²) in [5.41, 5.74) is 0. The molecule has 1 rings (SSSR count). The summed E-state index contributed by atoms with van der Waals surface area (Å²) in [5, 5.41) is 8.86. The summed E-state index contributed by atoms with van der Waals surface area (Å²) in [6.45, 7) is 2.36. The van der Waals surface area contributed by atoms with Crippen molar-refractivity contribution < 1.29 is 13.5 Å². The number of aliphatic hydroxyl groups is 1. The Hall–Kier alpha value is -0.500. The van der Waals surface area contributed by atoms with Gasteiger partial charge in [0, 0.05) is 30.0 Å². The first-order valence-corrected chi connectivity index (χ1v) is 7.98. The molecule has 0 radical (unpaired) electrons. The molecule has 0 fully saturated rings. The number of pyridine rings is 1. The normalized spacial score (nSPS) is 13.5. The molecule has 0 saturated heterocycles. The van der Waals surface area contributed by atoms with Gasteiger partial charge in [-0.1, -0.05) is 13.3 Å². The third-order valence-electron chi connectivity index (χ3n) is 2.67.